The lowest BCUT2D eigenvalue weighted by Gasteiger charge is -2.09. The molecular weight excluding hydrogens is 316 g/mol. The van der Waals surface area contributed by atoms with Crippen molar-refractivity contribution in [1.29, 1.82) is 0 Å². The van der Waals surface area contributed by atoms with Gasteiger partial charge in [0.05, 0.1) is 19.4 Å². The van der Waals surface area contributed by atoms with Gasteiger partial charge in [-0.1, -0.05) is 30.3 Å². The van der Waals surface area contributed by atoms with E-state index in [0.29, 0.717) is 13.2 Å². The molecule has 0 aliphatic rings. The lowest BCUT2D eigenvalue weighted by molar-refractivity contribution is -0.119. The third-order valence-corrected chi connectivity index (χ3v) is 3.60. The van der Waals surface area contributed by atoms with E-state index in [1.807, 2.05) is 60.7 Å². The van der Waals surface area contributed by atoms with Crippen molar-refractivity contribution in [2.75, 3.05) is 11.9 Å². The number of amides is 1. The maximum absolute atomic E-state index is 11.8. The molecule has 0 aliphatic heterocycles. The number of nitrogens with one attached hydrogen (secondary N) is 2. The molecule has 0 unspecified atom stereocenters. The molecule has 5 nitrogen and oxygen atoms in total. The predicted molar refractivity (Wildman–Crippen MR) is 96.3 cm³/mol. The molecule has 5 heteroatoms. The van der Waals surface area contributed by atoms with Crippen LogP contribution in [0.5, 0.6) is 5.75 Å². The molecule has 0 bridgehead atoms. The first-order valence-corrected chi connectivity index (χ1v) is 8.09. The lowest BCUT2D eigenvalue weighted by atomic mass is 10.2. The average molecular weight is 336 g/mol. The maximum Gasteiger partial charge on any atom is 0.239 e. The smallest absolute Gasteiger partial charge is 0.239 e. The number of hydrogen-bond acceptors (Lipinski definition) is 4. The summed E-state index contributed by atoms with van der Waals surface area (Å²) in [6.07, 6.45) is 1.58. The van der Waals surface area contributed by atoms with Gasteiger partial charge in [0.1, 0.15) is 18.1 Å². The highest BCUT2D eigenvalue weighted by Crippen LogP contribution is 2.16. The van der Waals surface area contributed by atoms with Crippen LogP contribution in [0.3, 0.4) is 0 Å². The van der Waals surface area contributed by atoms with Crippen molar-refractivity contribution in [3.63, 3.8) is 0 Å². The van der Waals surface area contributed by atoms with Gasteiger partial charge in [-0.3, -0.25) is 4.79 Å². The highest BCUT2D eigenvalue weighted by atomic mass is 16.5. The van der Waals surface area contributed by atoms with Crippen molar-refractivity contribution in [2.24, 2.45) is 0 Å². The Morgan fingerprint density at radius 3 is 2.48 bits per heavy atom. The summed E-state index contributed by atoms with van der Waals surface area (Å²) in [5.41, 5.74) is 1.98. The summed E-state index contributed by atoms with van der Waals surface area (Å²) in [6.45, 7) is 1.12. The van der Waals surface area contributed by atoms with Crippen molar-refractivity contribution >= 4 is 11.6 Å². The van der Waals surface area contributed by atoms with Crippen LogP contribution in [0.25, 0.3) is 0 Å². The van der Waals surface area contributed by atoms with Gasteiger partial charge >= 0.3 is 0 Å². The fourth-order valence-corrected chi connectivity index (χ4v) is 2.25. The van der Waals surface area contributed by atoms with E-state index in [4.69, 9.17) is 9.15 Å². The Bertz CT molecular complexity index is 768. The summed E-state index contributed by atoms with van der Waals surface area (Å²) in [5, 5.41) is 5.86. The summed E-state index contributed by atoms with van der Waals surface area (Å²) in [5.74, 6) is 1.42. The van der Waals surface area contributed by atoms with Crippen LogP contribution < -0.4 is 15.4 Å². The quantitative estimate of drug-likeness (QED) is 0.660. The second-order valence-electron chi connectivity index (χ2n) is 5.51. The summed E-state index contributed by atoms with van der Waals surface area (Å²) in [6, 6.07) is 21.2. The van der Waals surface area contributed by atoms with Crippen LogP contribution in [0.15, 0.2) is 77.4 Å². The fraction of sp³-hybridized carbons (Fsp3) is 0.150. The van der Waals surface area contributed by atoms with E-state index in [-0.39, 0.29) is 12.5 Å². The van der Waals surface area contributed by atoms with Crippen LogP contribution in [-0.2, 0) is 17.9 Å². The molecule has 2 aromatic carbocycles. The zero-order chi connectivity index (χ0) is 17.3. The van der Waals surface area contributed by atoms with Gasteiger partial charge < -0.3 is 19.8 Å². The minimum absolute atomic E-state index is 0.0965. The van der Waals surface area contributed by atoms with E-state index in [0.717, 1.165) is 22.8 Å². The number of hydrogen-bond donors (Lipinski definition) is 2. The number of anilines is 1. The molecule has 0 fully saturated rings. The first-order valence-electron chi connectivity index (χ1n) is 8.09. The molecule has 1 heterocycles. The van der Waals surface area contributed by atoms with Crippen LogP contribution in [0.4, 0.5) is 5.69 Å². The maximum atomic E-state index is 11.8. The Kier molecular flexibility index (Phi) is 5.72. The first-order chi connectivity index (χ1) is 12.3. The Balaban J connectivity index is 1.40. The molecule has 0 saturated carbocycles. The fourth-order valence-electron chi connectivity index (χ4n) is 2.25. The second-order valence-corrected chi connectivity index (χ2v) is 5.51. The van der Waals surface area contributed by atoms with Crippen LogP contribution in [0, 0.1) is 0 Å². The molecular formula is C20H20N2O3. The van der Waals surface area contributed by atoms with Crippen LogP contribution in [0.2, 0.25) is 0 Å². The topological polar surface area (TPSA) is 63.5 Å². The SMILES string of the molecule is O=C(CNc1ccc(OCc2ccccc2)cc1)NCc1ccco1. The Labute approximate surface area is 146 Å². The minimum atomic E-state index is -0.0965. The van der Waals surface area contributed by atoms with E-state index in [9.17, 15) is 4.79 Å². The lowest BCUT2D eigenvalue weighted by Crippen LogP contribution is -2.29. The summed E-state index contributed by atoms with van der Waals surface area (Å²) in [4.78, 5) is 11.8. The third-order valence-electron chi connectivity index (χ3n) is 3.60. The van der Waals surface area contributed by atoms with Gasteiger partial charge in [0.25, 0.3) is 0 Å². The standard InChI is InChI=1S/C20H20N2O3/c23-20(22-13-19-7-4-12-24-19)14-21-17-8-10-18(11-9-17)25-15-16-5-2-1-3-6-16/h1-12,21H,13-15H2,(H,22,23). The molecule has 0 aliphatic carbocycles. The van der Waals surface area contributed by atoms with Gasteiger partial charge in [0, 0.05) is 5.69 Å². The zero-order valence-corrected chi connectivity index (χ0v) is 13.8. The minimum Gasteiger partial charge on any atom is -0.489 e. The van der Waals surface area contributed by atoms with Crippen LogP contribution in [0.1, 0.15) is 11.3 Å². The number of ether oxygens (including phenoxy) is 1. The van der Waals surface area contributed by atoms with Crippen molar-refractivity contribution in [1.82, 2.24) is 5.32 Å². The van der Waals surface area contributed by atoms with Gasteiger partial charge in [-0.25, -0.2) is 0 Å². The number of benzene rings is 2. The molecule has 0 radical (unpaired) electrons. The monoisotopic (exact) mass is 336 g/mol. The highest BCUT2D eigenvalue weighted by molar-refractivity contribution is 5.80. The number of rotatable bonds is 8. The van der Waals surface area contributed by atoms with Crippen molar-refractivity contribution < 1.29 is 13.9 Å². The predicted octanol–water partition coefficient (Wildman–Crippen LogP) is 3.59. The van der Waals surface area contributed by atoms with E-state index >= 15 is 0 Å². The zero-order valence-electron chi connectivity index (χ0n) is 13.8. The van der Waals surface area contributed by atoms with E-state index in [2.05, 4.69) is 10.6 Å². The molecule has 0 atom stereocenters. The molecule has 2 N–H and O–H groups in total. The van der Waals surface area contributed by atoms with Gasteiger partial charge in [0.15, 0.2) is 0 Å². The van der Waals surface area contributed by atoms with Gasteiger partial charge in [-0.15, -0.1) is 0 Å². The number of carbonyl (C=O) groups is 1. The number of furan rings is 1. The van der Waals surface area contributed by atoms with Crippen molar-refractivity contribution in [2.45, 2.75) is 13.2 Å². The van der Waals surface area contributed by atoms with Gasteiger partial charge in [-0.2, -0.15) is 0 Å². The molecule has 25 heavy (non-hydrogen) atoms. The highest BCUT2D eigenvalue weighted by Gasteiger charge is 2.03. The Hall–Kier alpha value is -3.21. The molecule has 0 saturated heterocycles. The third kappa shape index (κ3) is 5.42. The van der Waals surface area contributed by atoms with Crippen LogP contribution >= 0.6 is 0 Å². The van der Waals surface area contributed by atoms with E-state index in [1.165, 1.54) is 0 Å². The van der Waals surface area contributed by atoms with E-state index < -0.39 is 0 Å². The molecule has 1 amide bonds. The summed E-state index contributed by atoms with van der Waals surface area (Å²) < 4.78 is 10.9. The Morgan fingerprint density at radius 2 is 1.76 bits per heavy atom. The number of carbonyl (C=O) groups excluding carboxylic acids is 1. The summed E-state index contributed by atoms with van der Waals surface area (Å²) in [7, 11) is 0. The molecule has 0 spiro atoms. The van der Waals surface area contributed by atoms with Crippen molar-refractivity contribution in [3.05, 3.63) is 84.3 Å². The average Bonchev–Trinajstić information content (AvgIpc) is 3.18. The normalized spacial score (nSPS) is 10.2. The first kappa shape index (κ1) is 16.6. The van der Waals surface area contributed by atoms with Crippen molar-refractivity contribution in [3.8, 4) is 5.75 Å². The van der Waals surface area contributed by atoms with Gasteiger partial charge in [-0.05, 0) is 42.0 Å². The van der Waals surface area contributed by atoms with Gasteiger partial charge in [0.2, 0.25) is 5.91 Å². The molecule has 3 rings (SSSR count). The molecule has 128 valence electrons. The molecule has 3 aromatic rings. The Morgan fingerprint density at radius 1 is 0.960 bits per heavy atom. The van der Waals surface area contributed by atoms with E-state index in [1.54, 1.807) is 12.3 Å². The summed E-state index contributed by atoms with van der Waals surface area (Å²) >= 11 is 0. The molecule has 1 aromatic heterocycles. The largest absolute Gasteiger partial charge is 0.489 e. The second kappa shape index (κ2) is 8.59. The van der Waals surface area contributed by atoms with Crippen LogP contribution in [-0.4, -0.2) is 12.5 Å².